The van der Waals surface area contributed by atoms with Gasteiger partial charge in [0.05, 0.1) is 14.2 Å². The van der Waals surface area contributed by atoms with E-state index in [9.17, 15) is 4.39 Å². The van der Waals surface area contributed by atoms with Crippen LogP contribution in [0.15, 0.2) is 36.4 Å². The number of rotatable bonds is 5. The molecule has 112 valence electrons. The lowest BCUT2D eigenvalue weighted by atomic mass is 9.99. The Morgan fingerprint density at radius 1 is 1.10 bits per heavy atom. The van der Waals surface area contributed by atoms with E-state index in [1.165, 1.54) is 6.07 Å². The molecule has 1 atom stereocenters. The summed E-state index contributed by atoms with van der Waals surface area (Å²) in [5.74, 6) is 0.881. The van der Waals surface area contributed by atoms with Gasteiger partial charge < -0.3 is 15.2 Å². The van der Waals surface area contributed by atoms with E-state index in [1.54, 1.807) is 38.5 Å². The summed E-state index contributed by atoms with van der Waals surface area (Å²) in [4.78, 5) is 0. The molecule has 0 bridgehead atoms. The molecular weight excluding hydrogens is 293 g/mol. The van der Waals surface area contributed by atoms with E-state index >= 15 is 0 Å². The molecule has 0 aliphatic rings. The maximum absolute atomic E-state index is 13.8. The van der Waals surface area contributed by atoms with Crippen molar-refractivity contribution in [2.45, 2.75) is 12.5 Å². The van der Waals surface area contributed by atoms with Crippen LogP contribution in [0.5, 0.6) is 11.5 Å². The second-order valence-corrected chi connectivity index (χ2v) is 5.10. The van der Waals surface area contributed by atoms with Crippen LogP contribution in [0.3, 0.4) is 0 Å². The lowest BCUT2D eigenvalue weighted by Crippen LogP contribution is -2.14. The van der Waals surface area contributed by atoms with E-state index in [0.717, 1.165) is 5.56 Å². The molecule has 0 amide bonds. The molecule has 2 aromatic rings. The topological polar surface area (TPSA) is 44.5 Å². The zero-order valence-electron chi connectivity index (χ0n) is 11.9. The second-order valence-electron chi connectivity index (χ2n) is 4.66. The lowest BCUT2D eigenvalue weighted by Gasteiger charge is -2.15. The third-order valence-corrected chi connectivity index (χ3v) is 3.53. The Balaban J connectivity index is 2.21. The van der Waals surface area contributed by atoms with Gasteiger partial charge in [-0.25, -0.2) is 4.39 Å². The van der Waals surface area contributed by atoms with Crippen LogP contribution in [-0.2, 0) is 6.42 Å². The normalized spacial score (nSPS) is 12.0. The third-order valence-electron chi connectivity index (χ3n) is 3.29. The number of methoxy groups -OCH3 is 2. The molecule has 5 heteroatoms. The summed E-state index contributed by atoms with van der Waals surface area (Å²) in [6.45, 7) is 0. The van der Waals surface area contributed by atoms with Crippen molar-refractivity contribution in [2.24, 2.45) is 5.73 Å². The molecule has 0 saturated carbocycles. The Hall–Kier alpha value is -1.78. The van der Waals surface area contributed by atoms with Crippen LogP contribution in [0.1, 0.15) is 17.2 Å². The first-order chi connectivity index (χ1) is 10.0. The van der Waals surface area contributed by atoms with Gasteiger partial charge in [0.1, 0.15) is 5.82 Å². The van der Waals surface area contributed by atoms with Crippen LogP contribution in [0.4, 0.5) is 4.39 Å². The summed E-state index contributed by atoms with van der Waals surface area (Å²) < 4.78 is 24.2. The molecule has 0 saturated heterocycles. The number of ether oxygens (including phenoxy) is 2. The monoisotopic (exact) mass is 309 g/mol. The Labute approximate surface area is 128 Å². The number of nitrogens with two attached hydrogens (primary N) is 1. The van der Waals surface area contributed by atoms with Crippen molar-refractivity contribution in [1.29, 1.82) is 0 Å². The summed E-state index contributed by atoms with van der Waals surface area (Å²) in [6.07, 6.45) is 0.373. The van der Waals surface area contributed by atoms with Gasteiger partial charge >= 0.3 is 0 Å². The van der Waals surface area contributed by atoms with Crippen molar-refractivity contribution in [3.8, 4) is 11.5 Å². The summed E-state index contributed by atoms with van der Waals surface area (Å²) >= 11 is 5.74. The predicted molar refractivity (Wildman–Crippen MR) is 81.6 cm³/mol. The zero-order chi connectivity index (χ0) is 15.4. The molecule has 0 aliphatic carbocycles. The molecule has 21 heavy (non-hydrogen) atoms. The van der Waals surface area contributed by atoms with Crippen LogP contribution in [-0.4, -0.2) is 14.2 Å². The molecule has 0 aliphatic heterocycles. The Bertz CT molecular complexity index is 634. The van der Waals surface area contributed by atoms with E-state index in [-0.39, 0.29) is 11.9 Å². The number of hydrogen-bond acceptors (Lipinski definition) is 3. The molecule has 0 radical (unpaired) electrons. The molecular formula is C16H17ClFNO2. The van der Waals surface area contributed by atoms with Gasteiger partial charge in [-0.2, -0.15) is 0 Å². The molecule has 2 N–H and O–H groups in total. The van der Waals surface area contributed by atoms with Crippen LogP contribution < -0.4 is 15.2 Å². The first kappa shape index (κ1) is 15.6. The van der Waals surface area contributed by atoms with E-state index in [2.05, 4.69) is 0 Å². The Morgan fingerprint density at radius 2 is 1.81 bits per heavy atom. The number of halogens is 2. The summed E-state index contributed by atoms with van der Waals surface area (Å²) in [5, 5.41) is 0.371. The highest BCUT2D eigenvalue weighted by Gasteiger charge is 2.13. The maximum atomic E-state index is 13.8. The second kappa shape index (κ2) is 6.78. The zero-order valence-corrected chi connectivity index (χ0v) is 12.7. The van der Waals surface area contributed by atoms with Gasteiger partial charge in [0.15, 0.2) is 11.5 Å². The average molecular weight is 310 g/mol. The van der Waals surface area contributed by atoms with Gasteiger partial charge in [0.25, 0.3) is 0 Å². The van der Waals surface area contributed by atoms with E-state index in [1.807, 2.05) is 6.07 Å². The van der Waals surface area contributed by atoms with Crippen molar-refractivity contribution < 1.29 is 13.9 Å². The first-order valence-electron chi connectivity index (χ1n) is 6.46. The minimum atomic E-state index is -0.349. The van der Waals surface area contributed by atoms with Crippen molar-refractivity contribution in [1.82, 2.24) is 0 Å². The number of hydrogen-bond donors (Lipinski definition) is 1. The van der Waals surface area contributed by atoms with Crippen molar-refractivity contribution in [3.05, 3.63) is 58.4 Å². The third kappa shape index (κ3) is 3.65. The maximum Gasteiger partial charge on any atom is 0.161 e. The standard InChI is InChI=1S/C16H17ClFNO2/c1-20-15-6-4-11(8-16(15)21-2)14(19)7-10-3-5-12(17)9-13(10)18/h3-6,8-9,14H,7,19H2,1-2H3. The summed E-state index contributed by atoms with van der Waals surface area (Å²) in [5.41, 5.74) is 7.53. The molecule has 1 unspecified atom stereocenters. The quantitative estimate of drug-likeness (QED) is 0.915. The fourth-order valence-electron chi connectivity index (χ4n) is 2.13. The highest BCUT2D eigenvalue weighted by molar-refractivity contribution is 6.30. The van der Waals surface area contributed by atoms with Crippen molar-refractivity contribution in [2.75, 3.05) is 14.2 Å². The first-order valence-corrected chi connectivity index (χ1v) is 6.84. The average Bonchev–Trinajstić information content (AvgIpc) is 2.49. The molecule has 3 nitrogen and oxygen atoms in total. The minimum absolute atomic E-state index is 0.347. The van der Waals surface area contributed by atoms with E-state index in [0.29, 0.717) is 28.5 Å². The van der Waals surface area contributed by atoms with Crippen molar-refractivity contribution in [3.63, 3.8) is 0 Å². The molecule has 2 aromatic carbocycles. The Kier molecular flexibility index (Phi) is 5.04. The van der Waals surface area contributed by atoms with Gasteiger partial charge in [0, 0.05) is 11.1 Å². The van der Waals surface area contributed by atoms with Gasteiger partial charge in [-0.05, 0) is 41.8 Å². The summed E-state index contributed by atoms with van der Waals surface area (Å²) in [7, 11) is 3.13. The fourth-order valence-corrected chi connectivity index (χ4v) is 2.28. The molecule has 0 heterocycles. The van der Waals surface area contributed by atoms with Crippen LogP contribution in [0, 0.1) is 5.82 Å². The molecule has 2 rings (SSSR count). The van der Waals surface area contributed by atoms with Crippen LogP contribution >= 0.6 is 11.6 Å². The smallest absolute Gasteiger partial charge is 0.161 e. The van der Waals surface area contributed by atoms with Crippen LogP contribution in [0.25, 0.3) is 0 Å². The molecule has 0 fully saturated rings. The van der Waals surface area contributed by atoms with Gasteiger partial charge in [-0.3, -0.25) is 0 Å². The largest absolute Gasteiger partial charge is 0.493 e. The highest BCUT2D eigenvalue weighted by Crippen LogP contribution is 2.30. The fraction of sp³-hybridized carbons (Fsp3) is 0.250. The number of benzene rings is 2. The van der Waals surface area contributed by atoms with E-state index in [4.69, 9.17) is 26.8 Å². The highest BCUT2D eigenvalue weighted by atomic mass is 35.5. The van der Waals surface area contributed by atoms with Gasteiger partial charge in [0.2, 0.25) is 0 Å². The van der Waals surface area contributed by atoms with E-state index < -0.39 is 0 Å². The Morgan fingerprint density at radius 3 is 2.43 bits per heavy atom. The van der Waals surface area contributed by atoms with Gasteiger partial charge in [-0.15, -0.1) is 0 Å². The van der Waals surface area contributed by atoms with Crippen LogP contribution in [0.2, 0.25) is 5.02 Å². The SMILES string of the molecule is COc1ccc(C(N)Cc2ccc(Cl)cc2F)cc1OC. The molecule has 0 aromatic heterocycles. The predicted octanol–water partition coefficient (Wildman–Crippen LogP) is 3.74. The van der Waals surface area contributed by atoms with Gasteiger partial charge in [-0.1, -0.05) is 23.7 Å². The summed E-state index contributed by atoms with van der Waals surface area (Å²) in [6, 6.07) is 9.68. The molecule has 0 spiro atoms. The minimum Gasteiger partial charge on any atom is -0.493 e. The van der Waals surface area contributed by atoms with Crippen molar-refractivity contribution >= 4 is 11.6 Å². The lowest BCUT2D eigenvalue weighted by molar-refractivity contribution is 0.354.